The molecule has 0 spiro atoms. The lowest BCUT2D eigenvalue weighted by molar-refractivity contribution is -0.118. The molecule has 2 heterocycles. The second-order valence-electron chi connectivity index (χ2n) is 4.76. The van der Waals surface area contributed by atoms with E-state index in [1.165, 1.54) is 0 Å². The van der Waals surface area contributed by atoms with E-state index in [0.29, 0.717) is 12.8 Å². The van der Waals surface area contributed by atoms with E-state index in [9.17, 15) is 4.79 Å². The van der Waals surface area contributed by atoms with Gasteiger partial charge in [0.15, 0.2) is 0 Å². The number of hydrogen-bond donors (Lipinski definition) is 0. The van der Waals surface area contributed by atoms with Crippen LogP contribution in [-0.2, 0) is 31.1 Å². The Balaban J connectivity index is 1.97. The van der Waals surface area contributed by atoms with Gasteiger partial charge in [-0.1, -0.05) is 6.92 Å². The Hall–Kier alpha value is -1.49. The maximum atomic E-state index is 12.1. The lowest BCUT2D eigenvalue weighted by Crippen LogP contribution is -2.09. The Morgan fingerprint density at radius 1 is 1.35 bits per heavy atom. The van der Waals surface area contributed by atoms with Crippen LogP contribution in [0.15, 0.2) is 29.0 Å². The van der Waals surface area contributed by atoms with Crippen LogP contribution in [0.3, 0.4) is 0 Å². The number of carbonyl (C=O) groups excluding carboxylic acids is 1. The summed E-state index contributed by atoms with van der Waals surface area (Å²) in [5.41, 5.74) is 3.11. The topological polar surface area (TPSA) is 47.8 Å². The van der Waals surface area contributed by atoms with E-state index < -0.39 is 0 Å². The summed E-state index contributed by atoms with van der Waals surface area (Å²) >= 11 is 3.54. The molecule has 2 aromatic rings. The quantitative estimate of drug-likeness (QED) is 0.815. The van der Waals surface area contributed by atoms with Gasteiger partial charge in [0.1, 0.15) is 5.78 Å². The molecule has 5 heteroatoms. The van der Waals surface area contributed by atoms with Crippen molar-refractivity contribution in [3.05, 3.63) is 46.0 Å². The molecular formula is C15H18BrN3O. The van der Waals surface area contributed by atoms with Crippen LogP contribution in [0.5, 0.6) is 0 Å². The predicted octanol–water partition coefficient (Wildman–Crippen LogP) is 2.88. The van der Waals surface area contributed by atoms with Gasteiger partial charge in [-0.05, 0) is 46.5 Å². The normalized spacial score (nSPS) is 10.8. The third kappa shape index (κ3) is 3.54. The molecule has 2 aromatic heterocycles. The molecule has 106 valence electrons. The molecule has 0 atom stereocenters. The number of pyridine rings is 1. The number of halogens is 1. The third-order valence-corrected chi connectivity index (χ3v) is 4.22. The molecule has 0 fully saturated rings. The van der Waals surface area contributed by atoms with Crippen LogP contribution in [0.1, 0.15) is 30.3 Å². The molecule has 0 N–H and O–H groups in total. The summed E-state index contributed by atoms with van der Waals surface area (Å²) in [4.78, 5) is 16.1. The van der Waals surface area contributed by atoms with Gasteiger partial charge in [-0.3, -0.25) is 14.5 Å². The van der Waals surface area contributed by atoms with Crippen molar-refractivity contribution in [3.8, 4) is 0 Å². The minimum absolute atomic E-state index is 0.230. The largest absolute Gasteiger partial charge is 0.299 e. The summed E-state index contributed by atoms with van der Waals surface area (Å²) in [6.45, 7) is 2.06. The van der Waals surface area contributed by atoms with Gasteiger partial charge in [0, 0.05) is 32.3 Å². The highest BCUT2D eigenvalue weighted by molar-refractivity contribution is 9.10. The highest BCUT2D eigenvalue weighted by Crippen LogP contribution is 2.22. The Morgan fingerprint density at radius 3 is 2.65 bits per heavy atom. The van der Waals surface area contributed by atoms with Crippen LogP contribution >= 0.6 is 15.9 Å². The number of hydrogen-bond acceptors (Lipinski definition) is 3. The number of aryl methyl sites for hydroxylation is 3. The average molecular weight is 336 g/mol. The van der Waals surface area contributed by atoms with Gasteiger partial charge in [0.05, 0.1) is 15.9 Å². The minimum Gasteiger partial charge on any atom is -0.299 e. The number of nitrogens with zero attached hydrogens (tertiary/aromatic N) is 3. The molecule has 0 bridgehead atoms. The monoisotopic (exact) mass is 335 g/mol. The van der Waals surface area contributed by atoms with Crippen LogP contribution < -0.4 is 0 Å². The Kier molecular flexibility index (Phi) is 5.06. The zero-order chi connectivity index (χ0) is 14.5. The molecule has 0 saturated heterocycles. The lowest BCUT2D eigenvalue weighted by atomic mass is 10.1. The van der Waals surface area contributed by atoms with Crippen molar-refractivity contribution in [2.45, 2.75) is 32.6 Å². The standard InChI is InChI=1S/C15H18BrN3O/c1-3-13-15(16)14(19(2)18-13)10-12(20)5-4-11-6-8-17-9-7-11/h6-9H,3-5,10H2,1-2H3. The van der Waals surface area contributed by atoms with Gasteiger partial charge in [0.25, 0.3) is 0 Å². The summed E-state index contributed by atoms with van der Waals surface area (Å²) in [6.07, 6.45) is 6.10. The first-order valence-corrected chi connectivity index (χ1v) is 7.52. The minimum atomic E-state index is 0.230. The zero-order valence-corrected chi connectivity index (χ0v) is 13.4. The fraction of sp³-hybridized carbons (Fsp3) is 0.400. The van der Waals surface area contributed by atoms with Crippen molar-refractivity contribution in [1.29, 1.82) is 0 Å². The molecule has 0 radical (unpaired) electrons. The summed E-state index contributed by atoms with van der Waals surface area (Å²) in [6, 6.07) is 3.89. The summed E-state index contributed by atoms with van der Waals surface area (Å²) in [7, 11) is 1.88. The van der Waals surface area contributed by atoms with E-state index >= 15 is 0 Å². The predicted molar refractivity (Wildman–Crippen MR) is 81.6 cm³/mol. The van der Waals surface area contributed by atoms with E-state index in [4.69, 9.17) is 0 Å². The molecule has 0 unspecified atom stereocenters. The molecule has 20 heavy (non-hydrogen) atoms. The molecule has 0 aliphatic heterocycles. The number of aromatic nitrogens is 3. The molecular weight excluding hydrogens is 318 g/mol. The van der Waals surface area contributed by atoms with Crippen molar-refractivity contribution < 1.29 is 4.79 Å². The molecule has 2 rings (SSSR count). The maximum absolute atomic E-state index is 12.1. The SMILES string of the molecule is CCc1nn(C)c(CC(=O)CCc2ccncc2)c1Br. The first kappa shape index (κ1) is 14.9. The first-order chi connectivity index (χ1) is 9.61. The van der Waals surface area contributed by atoms with E-state index in [1.807, 2.05) is 19.2 Å². The Morgan fingerprint density at radius 2 is 2.05 bits per heavy atom. The third-order valence-electron chi connectivity index (χ3n) is 3.31. The summed E-state index contributed by atoms with van der Waals surface area (Å²) in [5.74, 6) is 0.230. The Labute approximate surface area is 127 Å². The van der Waals surface area contributed by atoms with Crippen molar-refractivity contribution in [2.75, 3.05) is 0 Å². The molecule has 0 aliphatic rings. The second-order valence-corrected chi connectivity index (χ2v) is 5.55. The highest BCUT2D eigenvalue weighted by atomic mass is 79.9. The molecule has 4 nitrogen and oxygen atoms in total. The van der Waals surface area contributed by atoms with E-state index in [-0.39, 0.29) is 5.78 Å². The van der Waals surface area contributed by atoms with Crippen molar-refractivity contribution in [3.63, 3.8) is 0 Å². The van der Waals surface area contributed by atoms with Crippen LogP contribution in [0.25, 0.3) is 0 Å². The summed E-state index contributed by atoms with van der Waals surface area (Å²) < 4.78 is 2.77. The van der Waals surface area contributed by atoms with Gasteiger partial charge in [-0.15, -0.1) is 0 Å². The molecule has 0 saturated carbocycles. The van der Waals surface area contributed by atoms with Crippen LogP contribution in [0, 0.1) is 0 Å². The molecule has 0 aromatic carbocycles. The molecule has 0 amide bonds. The fourth-order valence-electron chi connectivity index (χ4n) is 2.12. The van der Waals surface area contributed by atoms with E-state index in [2.05, 4.69) is 32.9 Å². The molecule has 0 aliphatic carbocycles. The fourth-order valence-corrected chi connectivity index (χ4v) is 2.88. The van der Waals surface area contributed by atoms with Gasteiger partial charge in [-0.25, -0.2) is 0 Å². The lowest BCUT2D eigenvalue weighted by Gasteiger charge is -2.03. The number of Topliss-reactive ketones (excluding diaryl/α,β-unsaturated/α-hetero) is 1. The van der Waals surface area contributed by atoms with Crippen LogP contribution in [0.4, 0.5) is 0 Å². The number of ketones is 1. The van der Waals surface area contributed by atoms with Crippen LogP contribution in [-0.4, -0.2) is 20.5 Å². The van der Waals surface area contributed by atoms with Gasteiger partial charge < -0.3 is 0 Å². The smallest absolute Gasteiger partial charge is 0.139 e. The first-order valence-electron chi connectivity index (χ1n) is 6.72. The van der Waals surface area contributed by atoms with Crippen molar-refractivity contribution in [1.82, 2.24) is 14.8 Å². The zero-order valence-electron chi connectivity index (χ0n) is 11.8. The van der Waals surface area contributed by atoms with E-state index in [0.717, 1.165) is 34.3 Å². The van der Waals surface area contributed by atoms with Crippen molar-refractivity contribution in [2.24, 2.45) is 7.05 Å². The Bertz CT molecular complexity index is 593. The van der Waals surface area contributed by atoms with Gasteiger partial charge in [-0.2, -0.15) is 5.10 Å². The maximum Gasteiger partial charge on any atom is 0.139 e. The van der Waals surface area contributed by atoms with E-state index in [1.54, 1.807) is 17.1 Å². The second kappa shape index (κ2) is 6.79. The van der Waals surface area contributed by atoms with Gasteiger partial charge >= 0.3 is 0 Å². The number of carbonyl (C=O) groups is 1. The average Bonchev–Trinajstić information content (AvgIpc) is 2.73. The van der Waals surface area contributed by atoms with Crippen LogP contribution in [0.2, 0.25) is 0 Å². The highest BCUT2D eigenvalue weighted by Gasteiger charge is 2.15. The summed E-state index contributed by atoms with van der Waals surface area (Å²) in [5, 5.41) is 4.41. The van der Waals surface area contributed by atoms with Crippen molar-refractivity contribution >= 4 is 21.7 Å². The number of rotatable bonds is 6. The van der Waals surface area contributed by atoms with Gasteiger partial charge in [0.2, 0.25) is 0 Å².